The zero-order valence-corrected chi connectivity index (χ0v) is 23.9. The van der Waals surface area contributed by atoms with Gasteiger partial charge in [0.25, 0.3) is 0 Å². The van der Waals surface area contributed by atoms with Crippen LogP contribution in [0.5, 0.6) is 0 Å². The minimum atomic E-state index is -2.74. The third-order valence-electron chi connectivity index (χ3n) is 7.53. The van der Waals surface area contributed by atoms with Crippen LogP contribution in [0.4, 0.5) is 4.39 Å². The van der Waals surface area contributed by atoms with Crippen molar-refractivity contribution < 1.29 is 39.2 Å². The number of likely N-dealkylation sites (tertiary alicyclic amines) is 1. The molecule has 1 saturated heterocycles. The molecule has 11 nitrogen and oxygen atoms in total. The number of hydrogen-bond acceptors (Lipinski definition) is 8. The van der Waals surface area contributed by atoms with Gasteiger partial charge in [0.15, 0.2) is 10.7 Å². The number of carboxylic acids is 3. The van der Waals surface area contributed by atoms with E-state index < -0.39 is 36.4 Å². The monoisotopic (exact) mass is 590 g/mol. The van der Waals surface area contributed by atoms with Crippen molar-refractivity contribution in [3.8, 4) is 0 Å². The van der Waals surface area contributed by atoms with E-state index in [1.807, 2.05) is 31.6 Å². The molecule has 1 fully saturated rings. The first-order valence-electron chi connectivity index (χ1n) is 13.0. The number of carboxylic acid groups (broad SMARTS) is 3. The molecule has 1 aliphatic rings. The van der Waals surface area contributed by atoms with Gasteiger partial charge in [0, 0.05) is 53.2 Å². The molecule has 41 heavy (non-hydrogen) atoms. The number of rotatable bonds is 11. The Balaban J connectivity index is 0.000000302. The summed E-state index contributed by atoms with van der Waals surface area (Å²) < 4.78 is 13.4. The van der Waals surface area contributed by atoms with Crippen LogP contribution in [0.15, 0.2) is 42.9 Å². The molecular formula is C28H35FN4O7S. The smallest absolute Gasteiger partial charge is 0.336 e. The van der Waals surface area contributed by atoms with Crippen LogP contribution in [0.2, 0.25) is 0 Å². The molecule has 5 N–H and O–H groups in total. The van der Waals surface area contributed by atoms with Crippen LogP contribution in [0, 0.1) is 12.1 Å². The normalized spacial score (nSPS) is 17.6. The number of thiophene rings is 1. The lowest BCUT2D eigenvalue weighted by atomic mass is 9.81. The van der Waals surface area contributed by atoms with E-state index in [2.05, 4.69) is 45.8 Å². The van der Waals surface area contributed by atoms with Gasteiger partial charge in [-0.05, 0) is 63.8 Å². The lowest BCUT2D eigenvalue weighted by molar-refractivity contribution is -0.170. The number of halogens is 1. The highest BCUT2D eigenvalue weighted by atomic mass is 32.1. The van der Waals surface area contributed by atoms with E-state index in [1.54, 1.807) is 6.07 Å². The molecule has 1 aliphatic heterocycles. The summed E-state index contributed by atoms with van der Waals surface area (Å²) >= 11 is 1.25. The van der Waals surface area contributed by atoms with E-state index in [0.29, 0.717) is 0 Å². The number of aromatic amines is 1. The number of aliphatic carboxylic acids is 3. The highest BCUT2D eigenvalue weighted by Crippen LogP contribution is 2.42. The molecule has 0 aliphatic carbocycles. The first kappa shape index (κ1) is 31.8. The van der Waals surface area contributed by atoms with Crippen LogP contribution in [0.25, 0.3) is 0 Å². The average molecular weight is 591 g/mol. The SMILES string of the molecule is Cc1ccc(C(C)(C)N2CC[C@@](CCc3ccc(F)s3)(c3ncc[nH]3)C2)cn1.O=C(O)CC(O)(CC(=O)O)C(=O)O. The van der Waals surface area contributed by atoms with E-state index in [0.717, 1.165) is 48.7 Å². The van der Waals surface area contributed by atoms with Crippen LogP contribution in [0.1, 0.15) is 61.5 Å². The van der Waals surface area contributed by atoms with Crippen LogP contribution in [-0.2, 0) is 31.8 Å². The Kier molecular flexibility index (Phi) is 10.0. The third-order valence-corrected chi connectivity index (χ3v) is 8.46. The zero-order valence-electron chi connectivity index (χ0n) is 23.1. The molecule has 0 unspecified atom stereocenters. The summed E-state index contributed by atoms with van der Waals surface area (Å²) in [6.07, 6.45) is 6.31. The van der Waals surface area contributed by atoms with Gasteiger partial charge in [0.1, 0.15) is 5.82 Å². The summed E-state index contributed by atoms with van der Waals surface area (Å²) in [5, 5.41) is 33.7. The number of pyridine rings is 1. The Bertz CT molecular complexity index is 1330. The fourth-order valence-corrected chi connectivity index (χ4v) is 5.72. The predicted octanol–water partition coefficient (Wildman–Crippen LogP) is 3.58. The van der Waals surface area contributed by atoms with Crippen LogP contribution in [-0.4, -0.2) is 76.9 Å². The Hall–Kier alpha value is -3.68. The van der Waals surface area contributed by atoms with Crippen molar-refractivity contribution in [2.75, 3.05) is 13.1 Å². The lowest BCUT2D eigenvalue weighted by Crippen LogP contribution is -2.42. The van der Waals surface area contributed by atoms with Crippen LogP contribution >= 0.6 is 11.3 Å². The van der Waals surface area contributed by atoms with E-state index >= 15 is 0 Å². The average Bonchev–Trinajstić information content (AvgIpc) is 3.64. The molecule has 1 atom stereocenters. The summed E-state index contributed by atoms with van der Waals surface area (Å²) in [6, 6.07) is 7.74. The van der Waals surface area contributed by atoms with E-state index in [4.69, 9.17) is 20.4 Å². The Morgan fingerprint density at radius 1 is 1.10 bits per heavy atom. The second-order valence-corrected chi connectivity index (χ2v) is 11.9. The standard InChI is InChI=1S/C22H27FN4S.C6H8O7/c1-16-4-5-17(14-26-16)21(2,3)27-13-10-22(15-27,20-24-11-12-25-20)9-8-18-6-7-19(23)28-18;7-3(8)1-6(13,5(11)12)2-4(9)10/h4-7,11-12,14H,8-10,13,15H2,1-3H3,(H,24,25);13H,1-2H2,(H,7,8)(H,9,10)(H,11,12)/t22-;/m1./s1. The predicted molar refractivity (Wildman–Crippen MR) is 148 cm³/mol. The van der Waals surface area contributed by atoms with Crippen molar-refractivity contribution in [1.82, 2.24) is 19.9 Å². The molecule has 13 heteroatoms. The summed E-state index contributed by atoms with van der Waals surface area (Å²) in [6.45, 7) is 8.48. The summed E-state index contributed by atoms with van der Waals surface area (Å²) in [4.78, 5) is 46.6. The summed E-state index contributed by atoms with van der Waals surface area (Å²) in [5.41, 5.74) is -0.621. The number of H-pyrrole nitrogens is 1. The molecule has 0 radical (unpaired) electrons. The number of carbonyl (C=O) groups is 3. The topological polar surface area (TPSA) is 177 Å². The first-order chi connectivity index (χ1) is 19.2. The number of hydrogen-bond donors (Lipinski definition) is 5. The van der Waals surface area contributed by atoms with Gasteiger partial charge >= 0.3 is 17.9 Å². The first-order valence-corrected chi connectivity index (χ1v) is 13.8. The van der Waals surface area contributed by atoms with Crippen LogP contribution in [0.3, 0.4) is 0 Å². The van der Waals surface area contributed by atoms with Gasteiger partial charge in [0.2, 0.25) is 0 Å². The minimum Gasteiger partial charge on any atom is -0.481 e. The van der Waals surface area contributed by atoms with Crippen LogP contribution < -0.4 is 0 Å². The maximum atomic E-state index is 13.4. The molecule has 4 rings (SSSR count). The largest absolute Gasteiger partial charge is 0.481 e. The van der Waals surface area contributed by atoms with Crippen molar-refractivity contribution in [2.24, 2.45) is 0 Å². The Morgan fingerprint density at radius 3 is 2.27 bits per heavy atom. The van der Waals surface area contributed by atoms with Gasteiger partial charge in [-0.3, -0.25) is 19.5 Å². The van der Waals surface area contributed by atoms with Gasteiger partial charge in [-0.25, -0.2) is 9.78 Å². The number of imidazole rings is 1. The van der Waals surface area contributed by atoms with Crippen molar-refractivity contribution in [1.29, 1.82) is 0 Å². The molecule has 0 amide bonds. The molecular weight excluding hydrogens is 555 g/mol. The maximum Gasteiger partial charge on any atom is 0.336 e. The number of nitrogens with one attached hydrogen (secondary N) is 1. The maximum absolute atomic E-state index is 13.4. The second kappa shape index (κ2) is 12.9. The molecule has 3 aromatic rings. The number of aliphatic hydroxyl groups is 1. The van der Waals surface area contributed by atoms with Gasteiger partial charge < -0.3 is 25.4 Å². The van der Waals surface area contributed by atoms with Crippen molar-refractivity contribution >= 4 is 29.2 Å². The quantitative estimate of drug-likeness (QED) is 0.222. The lowest BCUT2D eigenvalue weighted by Gasteiger charge is -2.37. The highest BCUT2D eigenvalue weighted by molar-refractivity contribution is 7.10. The van der Waals surface area contributed by atoms with Gasteiger partial charge in [-0.1, -0.05) is 6.07 Å². The Labute approximate surface area is 240 Å². The van der Waals surface area contributed by atoms with E-state index in [-0.39, 0.29) is 16.1 Å². The molecule has 0 aromatic carbocycles. The van der Waals surface area contributed by atoms with Gasteiger partial charge in [0.05, 0.1) is 12.8 Å². The Morgan fingerprint density at radius 2 is 1.78 bits per heavy atom. The van der Waals surface area contributed by atoms with Gasteiger partial charge in [-0.2, -0.15) is 4.39 Å². The molecule has 4 heterocycles. The number of aryl methyl sites for hydroxylation is 2. The van der Waals surface area contributed by atoms with Crippen molar-refractivity contribution in [3.63, 3.8) is 0 Å². The van der Waals surface area contributed by atoms with Crippen molar-refractivity contribution in [2.45, 2.75) is 69.4 Å². The fourth-order valence-electron chi connectivity index (χ4n) is 5.00. The minimum absolute atomic E-state index is 0.0423. The molecule has 0 saturated carbocycles. The van der Waals surface area contributed by atoms with E-state index in [1.165, 1.54) is 16.9 Å². The number of nitrogens with zero attached hydrogens (tertiary/aromatic N) is 3. The second-order valence-electron chi connectivity index (χ2n) is 10.8. The van der Waals surface area contributed by atoms with Gasteiger partial charge in [-0.15, -0.1) is 11.3 Å². The number of aromatic nitrogens is 3. The third kappa shape index (κ3) is 7.96. The molecule has 3 aromatic heterocycles. The molecule has 0 bridgehead atoms. The summed E-state index contributed by atoms with van der Waals surface area (Å²) in [5.74, 6) is -3.97. The highest BCUT2D eigenvalue weighted by Gasteiger charge is 2.46. The molecule has 222 valence electrons. The zero-order chi connectivity index (χ0) is 30.4. The van der Waals surface area contributed by atoms with Crippen molar-refractivity contribution in [3.05, 3.63) is 69.9 Å². The summed E-state index contributed by atoms with van der Waals surface area (Å²) in [7, 11) is 0. The van der Waals surface area contributed by atoms with E-state index in [9.17, 15) is 18.8 Å². The fraction of sp³-hybridized carbons (Fsp3) is 0.464. The molecule has 0 spiro atoms.